The van der Waals surface area contributed by atoms with E-state index in [0.29, 0.717) is 18.5 Å². The van der Waals surface area contributed by atoms with Crippen LogP contribution in [0.25, 0.3) is 0 Å². The van der Waals surface area contributed by atoms with Gasteiger partial charge in [0.1, 0.15) is 5.69 Å². The molecule has 2 aromatic rings. The third-order valence-corrected chi connectivity index (χ3v) is 4.02. The fourth-order valence-electron chi connectivity index (χ4n) is 2.65. The lowest BCUT2D eigenvalue weighted by molar-refractivity contribution is -0.117. The minimum absolute atomic E-state index is 0.108. The lowest BCUT2D eigenvalue weighted by atomic mass is 10.2. The van der Waals surface area contributed by atoms with E-state index in [1.165, 1.54) is 18.3 Å². The molecule has 0 saturated carbocycles. The van der Waals surface area contributed by atoms with Crippen LogP contribution in [0.5, 0.6) is 0 Å². The summed E-state index contributed by atoms with van der Waals surface area (Å²) in [5.74, 6) is -1.33. The quantitative estimate of drug-likeness (QED) is 0.866. The third-order valence-electron chi connectivity index (χ3n) is 4.02. The van der Waals surface area contributed by atoms with Crippen molar-refractivity contribution in [3.8, 4) is 0 Å². The number of amides is 2. The number of nitrogens with zero attached hydrogens (tertiary/aromatic N) is 2. The molecule has 128 valence electrons. The molecule has 2 amide bonds. The maximum Gasteiger partial charge on any atom is 0.354 e. The number of rotatable bonds is 5. The maximum absolute atomic E-state index is 12.1. The summed E-state index contributed by atoms with van der Waals surface area (Å²) in [6.45, 7) is 1.07. The van der Waals surface area contributed by atoms with Crippen molar-refractivity contribution >= 4 is 23.5 Å². The summed E-state index contributed by atoms with van der Waals surface area (Å²) in [5, 5.41) is 11.6. The van der Waals surface area contributed by atoms with Gasteiger partial charge in [0, 0.05) is 31.4 Å². The molecule has 0 aliphatic carbocycles. The van der Waals surface area contributed by atoms with E-state index < -0.39 is 5.97 Å². The van der Waals surface area contributed by atoms with Gasteiger partial charge in [0.05, 0.1) is 5.56 Å². The molecular weight excluding hydrogens is 322 g/mol. The van der Waals surface area contributed by atoms with Gasteiger partial charge in [0.2, 0.25) is 5.91 Å². The van der Waals surface area contributed by atoms with E-state index in [1.807, 2.05) is 24.3 Å². The first kappa shape index (κ1) is 16.6. The fraction of sp³-hybridized carbons (Fsp3) is 0.222. The molecule has 1 aliphatic heterocycles. The number of carboxylic acids is 1. The molecule has 3 rings (SSSR count). The zero-order valence-electron chi connectivity index (χ0n) is 13.4. The van der Waals surface area contributed by atoms with E-state index in [1.54, 1.807) is 4.90 Å². The minimum Gasteiger partial charge on any atom is -0.477 e. The van der Waals surface area contributed by atoms with Crippen molar-refractivity contribution in [3.05, 3.63) is 59.4 Å². The standard InChI is InChI=1S/C18H17N3O4/c22-16-2-1-9-21(16)14-6-3-12(4-7-14)10-20-17(23)13-5-8-15(18(24)25)19-11-13/h3-8,11H,1-2,9-10H2,(H,20,23)(H,24,25). The Hall–Kier alpha value is -3.22. The summed E-state index contributed by atoms with van der Waals surface area (Å²) in [4.78, 5) is 40.0. The second-order valence-corrected chi connectivity index (χ2v) is 5.74. The summed E-state index contributed by atoms with van der Waals surface area (Å²) in [5.41, 5.74) is 1.96. The highest BCUT2D eigenvalue weighted by Crippen LogP contribution is 2.21. The number of hydrogen-bond acceptors (Lipinski definition) is 4. The van der Waals surface area contributed by atoms with Gasteiger partial charge in [-0.2, -0.15) is 0 Å². The van der Waals surface area contributed by atoms with Crippen LogP contribution in [0.15, 0.2) is 42.6 Å². The van der Waals surface area contributed by atoms with E-state index >= 15 is 0 Å². The molecule has 25 heavy (non-hydrogen) atoms. The van der Waals surface area contributed by atoms with Crippen molar-refractivity contribution in [2.45, 2.75) is 19.4 Å². The average Bonchev–Trinajstić information content (AvgIpc) is 3.06. The number of carboxylic acid groups (broad SMARTS) is 1. The summed E-state index contributed by atoms with van der Waals surface area (Å²) in [7, 11) is 0. The number of anilines is 1. The molecule has 0 atom stereocenters. The van der Waals surface area contributed by atoms with E-state index in [-0.39, 0.29) is 17.5 Å². The number of aromatic nitrogens is 1. The zero-order chi connectivity index (χ0) is 17.8. The third kappa shape index (κ3) is 3.82. The van der Waals surface area contributed by atoms with Gasteiger partial charge in [0.15, 0.2) is 0 Å². The first-order valence-electron chi connectivity index (χ1n) is 7.91. The van der Waals surface area contributed by atoms with Crippen LogP contribution in [0.3, 0.4) is 0 Å². The smallest absolute Gasteiger partial charge is 0.354 e. The number of carbonyl (C=O) groups excluding carboxylic acids is 2. The number of pyridine rings is 1. The molecule has 1 saturated heterocycles. The molecule has 0 bridgehead atoms. The Labute approximate surface area is 144 Å². The molecular formula is C18H17N3O4. The van der Waals surface area contributed by atoms with Crippen LogP contribution in [0.4, 0.5) is 5.69 Å². The maximum atomic E-state index is 12.1. The van der Waals surface area contributed by atoms with Crippen LogP contribution in [-0.4, -0.2) is 34.4 Å². The Morgan fingerprint density at radius 1 is 1.16 bits per heavy atom. The Bertz CT molecular complexity index is 800. The summed E-state index contributed by atoms with van der Waals surface area (Å²) < 4.78 is 0. The normalized spacial score (nSPS) is 13.8. The molecule has 1 aromatic heterocycles. The second-order valence-electron chi connectivity index (χ2n) is 5.74. The first-order chi connectivity index (χ1) is 12.0. The highest BCUT2D eigenvalue weighted by molar-refractivity contribution is 5.95. The number of nitrogens with one attached hydrogen (secondary N) is 1. The SMILES string of the molecule is O=C(NCc1ccc(N2CCCC2=O)cc1)c1ccc(C(=O)O)nc1. The van der Waals surface area contributed by atoms with Crippen LogP contribution in [0.2, 0.25) is 0 Å². The van der Waals surface area contributed by atoms with Gasteiger partial charge in [-0.1, -0.05) is 12.1 Å². The first-order valence-corrected chi connectivity index (χ1v) is 7.91. The monoisotopic (exact) mass is 339 g/mol. The fourth-order valence-corrected chi connectivity index (χ4v) is 2.65. The van der Waals surface area contributed by atoms with Gasteiger partial charge >= 0.3 is 5.97 Å². The Morgan fingerprint density at radius 3 is 2.48 bits per heavy atom. The number of benzene rings is 1. The van der Waals surface area contributed by atoms with Gasteiger partial charge in [-0.25, -0.2) is 9.78 Å². The van der Waals surface area contributed by atoms with E-state index in [2.05, 4.69) is 10.3 Å². The van der Waals surface area contributed by atoms with Crippen molar-refractivity contribution in [2.75, 3.05) is 11.4 Å². The molecule has 1 fully saturated rings. The van der Waals surface area contributed by atoms with Crippen molar-refractivity contribution in [3.63, 3.8) is 0 Å². The van der Waals surface area contributed by atoms with Crippen LogP contribution in [0.1, 0.15) is 39.3 Å². The van der Waals surface area contributed by atoms with E-state index in [9.17, 15) is 14.4 Å². The van der Waals surface area contributed by atoms with Gasteiger partial charge in [-0.05, 0) is 36.2 Å². The zero-order valence-corrected chi connectivity index (χ0v) is 13.4. The van der Waals surface area contributed by atoms with Gasteiger partial charge < -0.3 is 15.3 Å². The van der Waals surface area contributed by atoms with Crippen LogP contribution >= 0.6 is 0 Å². The van der Waals surface area contributed by atoms with Crippen molar-refractivity contribution < 1.29 is 19.5 Å². The summed E-state index contributed by atoms with van der Waals surface area (Å²) >= 11 is 0. The van der Waals surface area contributed by atoms with E-state index in [0.717, 1.165) is 24.2 Å². The Kier molecular flexibility index (Phi) is 4.74. The predicted octanol–water partition coefficient (Wildman–Crippen LogP) is 1.84. The molecule has 1 aromatic carbocycles. The largest absolute Gasteiger partial charge is 0.477 e. The highest BCUT2D eigenvalue weighted by Gasteiger charge is 2.21. The van der Waals surface area contributed by atoms with Crippen LogP contribution in [0, 0.1) is 0 Å². The van der Waals surface area contributed by atoms with Crippen molar-refractivity contribution in [2.24, 2.45) is 0 Å². The molecule has 7 nitrogen and oxygen atoms in total. The average molecular weight is 339 g/mol. The lowest BCUT2D eigenvalue weighted by Crippen LogP contribution is -2.24. The number of carbonyl (C=O) groups is 3. The van der Waals surface area contributed by atoms with Gasteiger partial charge in [-0.3, -0.25) is 9.59 Å². The molecule has 2 heterocycles. The molecule has 2 N–H and O–H groups in total. The number of aromatic carboxylic acids is 1. The molecule has 0 unspecified atom stereocenters. The Balaban J connectivity index is 1.58. The van der Waals surface area contributed by atoms with E-state index in [4.69, 9.17) is 5.11 Å². The van der Waals surface area contributed by atoms with Gasteiger partial charge in [0.25, 0.3) is 5.91 Å². The van der Waals surface area contributed by atoms with Crippen molar-refractivity contribution in [1.29, 1.82) is 0 Å². The van der Waals surface area contributed by atoms with Gasteiger partial charge in [-0.15, -0.1) is 0 Å². The molecule has 1 aliphatic rings. The molecule has 0 radical (unpaired) electrons. The molecule has 0 spiro atoms. The topological polar surface area (TPSA) is 99.6 Å². The molecule has 7 heteroatoms. The lowest BCUT2D eigenvalue weighted by Gasteiger charge is -2.16. The minimum atomic E-state index is -1.14. The number of hydrogen-bond donors (Lipinski definition) is 2. The summed E-state index contributed by atoms with van der Waals surface area (Å²) in [6, 6.07) is 10.2. The second kappa shape index (κ2) is 7.12. The van der Waals surface area contributed by atoms with Crippen LogP contribution < -0.4 is 10.2 Å². The summed E-state index contributed by atoms with van der Waals surface area (Å²) in [6.07, 6.45) is 2.71. The van der Waals surface area contributed by atoms with Crippen LogP contribution in [-0.2, 0) is 11.3 Å². The predicted molar refractivity (Wildman–Crippen MR) is 90.4 cm³/mol. The highest BCUT2D eigenvalue weighted by atomic mass is 16.4. The Morgan fingerprint density at radius 2 is 1.92 bits per heavy atom. The van der Waals surface area contributed by atoms with Crippen molar-refractivity contribution in [1.82, 2.24) is 10.3 Å².